The first-order chi connectivity index (χ1) is 16.8. The molecular formula is C26H36ClN3O5S. The molecule has 2 aliphatic rings. The highest BCUT2D eigenvalue weighted by Crippen LogP contribution is 2.37. The number of aryl methyl sites for hydroxylation is 1. The first-order valence-electron chi connectivity index (χ1n) is 12.2. The molecule has 0 aliphatic carbocycles. The van der Waals surface area contributed by atoms with Crippen molar-refractivity contribution in [2.75, 3.05) is 39.5 Å². The van der Waals surface area contributed by atoms with E-state index in [-0.39, 0.29) is 44.4 Å². The molecule has 1 amide bonds. The minimum atomic E-state index is -3.85. The number of hydrogen-bond acceptors (Lipinski definition) is 6. The first-order valence-corrected chi connectivity index (χ1v) is 13.6. The second-order valence-electron chi connectivity index (χ2n) is 9.39. The van der Waals surface area contributed by atoms with Gasteiger partial charge in [-0.15, -0.1) is 12.4 Å². The summed E-state index contributed by atoms with van der Waals surface area (Å²) in [6.07, 6.45) is 1.63. The van der Waals surface area contributed by atoms with E-state index in [0.717, 1.165) is 22.4 Å². The van der Waals surface area contributed by atoms with Crippen LogP contribution in [0.4, 0.5) is 0 Å². The van der Waals surface area contributed by atoms with E-state index >= 15 is 0 Å². The van der Waals surface area contributed by atoms with Crippen molar-refractivity contribution in [1.82, 2.24) is 4.31 Å². The highest BCUT2D eigenvalue weighted by Gasteiger charge is 2.53. The van der Waals surface area contributed by atoms with Crippen LogP contribution in [0, 0.1) is 6.92 Å². The summed E-state index contributed by atoms with van der Waals surface area (Å²) in [4.78, 5) is 12.3. The molecule has 4 N–H and O–H groups in total. The SMILES string of the molecule is Cc1cc(C2CCN(S(=O)(=O)C3(C(N)=O)CCOCC3)CC2)ccc1-c1cccc(OCCN)c1.Cl. The topological polar surface area (TPSA) is 125 Å². The molecule has 0 spiro atoms. The van der Waals surface area contributed by atoms with E-state index in [0.29, 0.717) is 39.1 Å². The first kappa shape index (κ1) is 28.4. The Hall–Kier alpha value is -2.17. The number of nitrogens with two attached hydrogens (primary N) is 2. The number of hydrogen-bond donors (Lipinski definition) is 2. The van der Waals surface area contributed by atoms with Crippen LogP contribution in [-0.4, -0.2) is 62.8 Å². The van der Waals surface area contributed by atoms with Crippen LogP contribution in [0.3, 0.4) is 0 Å². The monoisotopic (exact) mass is 537 g/mol. The standard InChI is InChI=1S/C26H35N3O5S.ClH/c1-19-17-21(5-6-24(19)22-3-2-4-23(18-22)34-16-11-27)20-7-12-29(13-8-20)35(31,32)26(25(28)30)9-14-33-15-10-26;/h2-6,17-18,20H,7-16,27H2,1H3,(H2,28,30);1H. The maximum absolute atomic E-state index is 13.4. The zero-order valence-corrected chi connectivity index (χ0v) is 22.3. The Labute approximate surface area is 219 Å². The molecule has 0 aromatic heterocycles. The second-order valence-corrected chi connectivity index (χ2v) is 11.6. The maximum Gasteiger partial charge on any atom is 0.240 e. The predicted octanol–water partition coefficient (Wildman–Crippen LogP) is 2.97. The van der Waals surface area contributed by atoms with E-state index in [1.807, 2.05) is 18.2 Å². The van der Waals surface area contributed by atoms with Gasteiger partial charge in [-0.25, -0.2) is 12.7 Å². The van der Waals surface area contributed by atoms with Gasteiger partial charge in [0.25, 0.3) is 0 Å². The van der Waals surface area contributed by atoms with Crippen molar-refractivity contribution in [2.24, 2.45) is 11.5 Å². The number of halogens is 1. The van der Waals surface area contributed by atoms with Crippen molar-refractivity contribution in [3.8, 4) is 16.9 Å². The van der Waals surface area contributed by atoms with E-state index in [2.05, 4.69) is 31.2 Å². The number of benzene rings is 2. The van der Waals surface area contributed by atoms with Gasteiger partial charge >= 0.3 is 0 Å². The van der Waals surface area contributed by atoms with Crippen molar-refractivity contribution in [3.05, 3.63) is 53.6 Å². The molecule has 2 aliphatic heterocycles. The summed E-state index contributed by atoms with van der Waals surface area (Å²) in [7, 11) is -3.85. The molecule has 0 radical (unpaired) electrons. The van der Waals surface area contributed by atoms with Gasteiger partial charge in [-0.2, -0.15) is 0 Å². The van der Waals surface area contributed by atoms with Crippen LogP contribution in [0.2, 0.25) is 0 Å². The van der Waals surface area contributed by atoms with Crippen molar-refractivity contribution in [1.29, 1.82) is 0 Å². The third-order valence-electron chi connectivity index (χ3n) is 7.29. The van der Waals surface area contributed by atoms with Gasteiger partial charge in [0.1, 0.15) is 12.4 Å². The largest absolute Gasteiger partial charge is 0.492 e. The summed E-state index contributed by atoms with van der Waals surface area (Å²) in [6, 6.07) is 14.4. The molecule has 2 aromatic carbocycles. The molecule has 8 nitrogen and oxygen atoms in total. The van der Waals surface area contributed by atoms with Crippen LogP contribution in [0.25, 0.3) is 11.1 Å². The predicted molar refractivity (Wildman–Crippen MR) is 143 cm³/mol. The van der Waals surface area contributed by atoms with Crippen molar-refractivity contribution in [2.45, 2.75) is 43.3 Å². The fourth-order valence-corrected chi connectivity index (χ4v) is 7.33. The lowest BCUT2D eigenvalue weighted by atomic mass is 9.87. The third-order valence-corrected chi connectivity index (χ3v) is 9.93. The lowest BCUT2D eigenvalue weighted by molar-refractivity contribution is -0.123. The number of rotatable bonds is 8. The summed E-state index contributed by atoms with van der Waals surface area (Å²) >= 11 is 0. The summed E-state index contributed by atoms with van der Waals surface area (Å²) in [5.74, 6) is 0.280. The highest BCUT2D eigenvalue weighted by atomic mass is 35.5. The van der Waals surface area contributed by atoms with E-state index in [1.165, 1.54) is 9.87 Å². The minimum Gasteiger partial charge on any atom is -0.492 e. The average Bonchev–Trinajstić information content (AvgIpc) is 2.88. The van der Waals surface area contributed by atoms with Gasteiger partial charge in [0, 0.05) is 45.7 Å². The molecule has 2 saturated heterocycles. The minimum absolute atomic E-state index is 0. The van der Waals surface area contributed by atoms with E-state index in [9.17, 15) is 13.2 Å². The van der Waals surface area contributed by atoms with Crippen molar-refractivity contribution in [3.63, 3.8) is 0 Å². The Morgan fingerprint density at radius 3 is 2.44 bits per heavy atom. The number of piperidine rings is 1. The molecule has 2 aromatic rings. The van der Waals surface area contributed by atoms with Crippen LogP contribution in [0.5, 0.6) is 5.75 Å². The quantitative estimate of drug-likeness (QED) is 0.533. The van der Waals surface area contributed by atoms with Gasteiger partial charge in [-0.1, -0.05) is 30.3 Å². The average molecular weight is 538 g/mol. The van der Waals surface area contributed by atoms with Crippen LogP contribution < -0.4 is 16.2 Å². The zero-order chi connectivity index (χ0) is 25.1. The Balaban J connectivity index is 0.00000361. The van der Waals surface area contributed by atoms with E-state index in [4.69, 9.17) is 20.9 Å². The maximum atomic E-state index is 13.4. The normalized spacial score (nSPS) is 18.8. The molecule has 10 heteroatoms. The summed E-state index contributed by atoms with van der Waals surface area (Å²) in [6.45, 7) is 4.25. The molecular weight excluding hydrogens is 502 g/mol. The van der Waals surface area contributed by atoms with Crippen LogP contribution >= 0.6 is 12.4 Å². The molecule has 2 fully saturated rings. The molecule has 0 bridgehead atoms. The summed E-state index contributed by atoms with van der Waals surface area (Å²) in [5, 5.41) is 0. The Morgan fingerprint density at radius 2 is 1.83 bits per heavy atom. The highest BCUT2D eigenvalue weighted by molar-refractivity contribution is 7.91. The van der Waals surface area contributed by atoms with Crippen molar-refractivity contribution >= 4 is 28.3 Å². The number of primary amides is 1. The summed E-state index contributed by atoms with van der Waals surface area (Å²) in [5.41, 5.74) is 15.7. The lowest BCUT2D eigenvalue weighted by Crippen LogP contribution is -2.59. The van der Waals surface area contributed by atoms with Gasteiger partial charge in [0.15, 0.2) is 4.75 Å². The smallest absolute Gasteiger partial charge is 0.240 e. The molecule has 2 heterocycles. The van der Waals surface area contributed by atoms with Crippen LogP contribution in [-0.2, 0) is 19.6 Å². The molecule has 0 saturated carbocycles. The third kappa shape index (κ3) is 5.55. The van der Waals surface area contributed by atoms with E-state index < -0.39 is 20.7 Å². The number of amides is 1. The molecule has 36 heavy (non-hydrogen) atoms. The second kappa shape index (κ2) is 11.9. The Bertz CT molecular complexity index is 1160. The number of sulfonamides is 1. The van der Waals surface area contributed by atoms with E-state index in [1.54, 1.807) is 0 Å². The Morgan fingerprint density at radius 1 is 1.14 bits per heavy atom. The Kier molecular flexibility index (Phi) is 9.40. The van der Waals surface area contributed by atoms with Gasteiger partial charge in [-0.05, 0) is 60.1 Å². The number of ether oxygens (including phenoxy) is 2. The van der Waals surface area contributed by atoms with Crippen LogP contribution in [0.1, 0.15) is 42.7 Å². The van der Waals surface area contributed by atoms with Gasteiger partial charge in [-0.3, -0.25) is 4.79 Å². The lowest BCUT2D eigenvalue weighted by Gasteiger charge is -2.40. The zero-order valence-electron chi connectivity index (χ0n) is 20.6. The molecule has 0 atom stereocenters. The van der Waals surface area contributed by atoms with Gasteiger partial charge < -0.3 is 20.9 Å². The number of carbonyl (C=O) groups is 1. The summed E-state index contributed by atoms with van der Waals surface area (Å²) < 4.78 is 37.8. The molecule has 4 rings (SSSR count). The molecule has 0 unspecified atom stereocenters. The fraction of sp³-hybridized carbons (Fsp3) is 0.500. The number of carbonyl (C=O) groups excluding carboxylic acids is 1. The van der Waals surface area contributed by atoms with Crippen molar-refractivity contribution < 1.29 is 22.7 Å². The fourth-order valence-electron chi connectivity index (χ4n) is 5.20. The number of nitrogens with zero attached hydrogens (tertiary/aromatic N) is 1. The van der Waals surface area contributed by atoms with Gasteiger partial charge in [0.05, 0.1) is 0 Å². The molecule has 198 valence electrons. The van der Waals surface area contributed by atoms with Crippen LogP contribution in [0.15, 0.2) is 42.5 Å². The van der Waals surface area contributed by atoms with Gasteiger partial charge in [0.2, 0.25) is 15.9 Å².